The molecule has 2 aromatic rings. The highest BCUT2D eigenvalue weighted by Crippen LogP contribution is 2.24. The summed E-state index contributed by atoms with van der Waals surface area (Å²) < 4.78 is 30.6. The normalized spacial score (nSPS) is 14.5. The maximum atomic E-state index is 11.3. The number of benzene rings is 1. The maximum absolute atomic E-state index is 11.3. The molecule has 6 heteroatoms. The predicted octanol–water partition coefficient (Wildman–Crippen LogP) is 3.37. The van der Waals surface area contributed by atoms with E-state index < -0.39 is 10.0 Å². The van der Waals surface area contributed by atoms with Crippen LogP contribution in [0.1, 0.15) is 42.8 Å². The van der Waals surface area contributed by atoms with Crippen LogP contribution in [0.15, 0.2) is 41.0 Å². The van der Waals surface area contributed by atoms with Gasteiger partial charge in [0.25, 0.3) is 0 Å². The van der Waals surface area contributed by atoms with Gasteiger partial charge in [0.05, 0.1) is 18.6 Å². The highest BCUT2D eigenvalue weighted by molar-refractivity contribution is 7.92. The molecule has 0 saturated heterocycles. The van der Waals surface area contributed by atoms with Crippen molar-refractivity contribution in [3.05, 3.63) is 53.5 Å². The molecule has 0 aliphatic rings. The molecule has 0 unspecified atom stereocenters. The minimum absolute atomic E-state index is 0.0563. The first-order chi connectivity index (χ1) is 10.3. The molecule has 1 heterocycles. The summed E-state index contributed by atoms with van der Waals surface area (Å²) >= 11 is 0. The Bertz CT molecular complexity index is 737. The number of hydrogen-bond acceptors (Lipinski definition) is 4. The SMILES string of the molecule is Cc1ccoc1[C@H](C)N[C@H](C)c1cccc(NS(C)(=O)=O)c1. The molecule has 1 aromatic carbocycles. The van der Waals surface area contributed by atoms with E-state index in [0.29, 0.717) is 5.69 Å². The molecule has 1 aromatic heterocycles. The third-order valence-corrected chi connectivity index (χ3v) is 4.09. The number of furan rings is 1. The number of aryl methyl sites for hydroxylation is 1. The van der Waals surface area contributed by atoms with E-state index in [9.17, 15) is 8.42 Å². The molecule has 5 nitrogen and oxygen atoms in total. The molecular weight excluding hydrogens is 300 g/mol. The Kier molecular flexibility index (Phi) is 4.93. The maximum Gasteiger partial charge on any atom is 0.229 e. The van der Waals surface area contributed by atoms with Gasteiger partial charge in [-0.2, -0.15) is 0 Å². The van der Waals surface area contributed by atoms with E-state index in [2.05, 4.69) is 10.0 Å². The van der Waals surface area contributed by atoms with Crippen LogP contribution in [0.2, 0.25) is 0 Å². The van der Waals surface area contributed by atoms with Gasteiger partial charge >= 0.3 is 0 Å². The van der Waals surface area contributed by atoms with Crippen molar-refractivity contribution in [1.82, 2.24) is 5.32 Å². The largest absolute Gasteiger partial charge is 0.467 e. The molecule has 0 aliphatic heterocycles. The minimum Gasteiger partial charge on any atom is -0.467 e. The predicted molar refractivity (Wildman–Crippen MR) is 88.3 cm³/mol. The lowest BCUT2D eigenvalue weighted by molar-refractivity contribution is 0.400. The molecule has 2 rings (SSSR count). The smallest absolute Gasteiger partial charge is 0.229 e. The van der Waals surface area contributed by atoms with Crippen LogP contribution < -0.4 is 10.0 Å². The molecule has 22 heavy (non-hydrogen) atoms. The zero-order valence-electron chi connectivity index (χ0n) is 13.3. The fraction of sp³-hybridized carbons (Fsp3) is 0.375. The number of sulfonamides is 1. The summed E-state index contributed by atoms with van der Waals surface area (Å²) in [7, 11) is -3.27. The standard InChI is InChI=1S/C16H22N2O3S/c1-11-8-9-21-16(11)13(3)17-12(2)14-6-5-7-15(10-14)18-22(4,19)20/h5-10,12-13,17-18H,1-4H3/t12-,13+/m1/s1. The van der Waals surface area contributed by atoms with Crippen LogP contribution in [-0.2, 0) is 10.0 Å². The fourth-order valence-corrected chi connectivity index (χ4v) is 3.02. The minimum atomic E-state index is -3.27. The Morgan fingerprint density at radius 3 is 2.45 bits per heavy atom. The second kappa shape index (κ2) is 6.54. The molecule has 2 N–H and O–H groups in total. The third-order valence-electron chi connectivity index (χ3n) is 3.48. The molecule has 0 spiro atoms. The van der Waals surface area contributed by atoms with Crippen molar-refractivity contribution in [2.45, 2.75) is 32.9 Å². The van der Waals surface area contributed by atoms with Gasteiger partial charge in [-0.1, -0.05) is 12.1 Å². The number of hydrogen-bond donors (Lipinski definition) is 2. The third kappa shape index (κ3) is 4.35. The summed E-state index contributed by atoms with van der Waals surface area (Å²) in [5.74, 6) is 0.914. The highest BCUT2D eigenvalue weighted by Gasteiger charge is 2.16. The molecule has 0 radical (unpaired) electrons. The average molecular weight is 322 g/mol. The molecule has 0 aliphatic carbocycles. The first-order valence-electron chi connectivity index (χ1n) is 7.14. The first-order valence-corrected chi connectivity index (χ1v) is 9.03. The monoisotopic (exact) mass is 322 g/mol. The van der Waals surface area contributed by atoms with Crippen molar-refractivity contribution in [2.24, 2.45) is 0 Å². The summed E-state index contributed by atoms with van der Waals surface area (Å²) in [4.78, 5) is 0. The van der Waals surface area contributed by atoms with Gasteiger partial charge in [-0.25, -0.2) is 8.42 Å². The van der Waals surface area contributed by atoms with Crippen molar-refractivity contribution in [3.8, 4) is 0 Å². The lowest BCUT2D eigenvalue weighted by Gasteiger charge is -2.20. The zero-order chi connectivity index (χ0) is 16.3. The quantitative estimate of drug-likeness (QED) is 0.855. The molecule has 0 saturated carbocycles. The Balaban J connectivity index is 2.11. The van der Waals surface area contributed by atoms with Gasteiger partial charge in [-0.15, -0.1) is 0 Å². The summed E-state index contributed by atoms with van der Waals surface area (Å²) in [5.41, 5.74) is 2.68. The summed E-state index contributed by atoms with van der Waals surface area (Å²) in [5, 5.41) is 3.46. The Morgan fingerprint density at radius 1 is 1.14 bits per heavy atom. The first kappa shape index (κ1) is 16.6. The van der Waals surface area contributed by atoms with Gasteiger partial charge in [0, 0.05) is 11.7 Å². The van der Waals surface area contributed by atoms with Crippen molar-refractivity contribution < 1.29 is 12.8 Å². The molecule has 120 valence electrons. The molecule has 0 amide bonds. The van der Waals surface area contributed by atoms with E-state index in [1.54, 1.807) is 12.3 Å². The molecular formula is C16H22N2O3S. The average Bonchev–Trinajstić information content (AvgIpc) is 2.83. The second-order valence-electron chi connectivity index (χ2n) is 5.58. The van der Waals surface area contributed by atoms with Gasteiger partial charge < -0.3 is 9.73 Å². The van der Waals surface area contributed by atoms with Crippen molar-refractivity contribution in [2.75, 3.05) is 11.0 Å². The Morgan fingerprint density at radius 2 is 1.86 bits per heavy atom. The lowest BCUT2D eigenvalue weighted by Crippen LogP contribution is -2.22. The van der Waals surface area contributed by atoms with Crippen LogP contribution >= 0.6 is 0 Å². The molecule has 0 fully saturated rings. The van der Waals surface area contributed by atoms with Crippen LogP contribution in [0.25, 0.3) is 0 Å². The van der Waals surface area contributed by atoms with E-state index in [0.717, 1.165) is 23.1 Å². The molecule has 0 bridgehead atoms. The van der Waals surface area contributed by atoms with Crippen LogP contribution in [0.5, 0.6) is 0 Å². The highest BCUT2D eigenvalue weighted by atomic mass is 32.2. The van der Waals surface area contributed by atoms with Crippen molar-refractivity contribution >= 4 is 15.7 Å². The Hall–Kier alpha value is -1.79. The van der Waals surface area contributed by atoms with Gasteiger partial charge in [0.1, 0.15) is 5.76 Å². The van der Waals surface area contributed by atoms with Crippen LogP contribution in [0.3, 0.4) is 0 Å². The molecule has 2 atom stereocenters. The van der Waals surface area contributed by atoms with E-state index in [4.69, 9.17) is 4.42 Å². The second-order valence-corrected chi connectivity index (χ2v) is 7.33. The summed E-state index contributed by atoms with van der Waals surface area (Å²) in [6.45, 7) is 6.09. The van der Waals surface area contributed by atoms with Crippen LogP contribution in [-0.4, -0.2) is 14.7 Å². The summed E-state index contributed by atoms with van der Waals surface area (Å²) in [6, 6.07) is 9.43. The lowest BCUT2D eigenvalue weighted by atomic mass is 10.1. The van der Waals surface area contributed by atoms with Crippen molar-refractivity contribution in [1.29, 1.82) is 0 Å². The van der Waals surface area contributed by atoms with Gasteiger partial charge in [-0.3, -0.25) is 4.72 Å². The Labute approximate surface area is 131 Å². The number of nitrogens with one attached hydrogen (secondary N) is 2. The van der Waals surface area contributed by atoms with E-state index >= 15 is 0 Å². The van der Waals surface area contributed by atoms with Crippen LogP contribution in [0, 0.1) is 6.92 Å². The van der Waals surface area contributed by atoms with E-state index in [1.807, 2.05) is 45.0 Å². The van der Waals surface area contributed by atoms with Crippen LogP contribution in [0.4, 0.5) is 5.69 Å². The number of rotatable bonds is 6. The fourth-order valence-electron chi connectivity index (χ4n) is 2.46. The van der Waals surface area contributed by atoms with Crippen molar-refractivity contribution in [3.63, 3.8) is 0 Å². The van der Waals surface area contributed by atoms with Gasteiger partial charge in [-0.05, 0) is 50.1 Å². The van der Waals surface area contributed by atoms with Gasteiger partial charge in [0.2, 0.25) is 10.0 Å². The van der Waals surface area contributed by atoms with E-state index in [1.165, 1.54) is 0 Å². The zero-order valence-corrected chi connectivity index (χ0v) is 14.1. The topological polar surface area (TPSA) is 71.3 Å². The summed E-state index contributed by atoms with van der Waals surface area (Å²) in [6.07, 6.45) is 2.83. The van der Waals surface area contributed by atoms with E-state index in [-0.39, 0.29) is 12.1 Å². The number of anilines is 1. The van der Waals surface area contributed by atoms with Gasteiger partial charge in [0.15, 0.2) is 0 Å².